The molecule has 0 aliphatic rings. The monoisotopic (exact) mass is 232 g/mol. The van der Waals surface area contributed by atoms with Gasteiger partial charge >= 0.3 is 37.1 Å². The van der Waals surface area contributed by atoms with Gasteiger partial charge in [-0.25, -0.2) is 0 Å². The van der Waals surface area contributed by atoms with Crippen LogP contribution in [0.15, 0.2) is 0 Å². The zero-order valence-electron chi connectivity index (χ0n) is 3.55. The van der Waals surface area contributed by atoms with Gasteiger partial charge in [0.15, 0.2) is 0 Å². The summed E-state index contributed by atoms with van der Waals surface area (Å²) < 4.78 is 0. The second kappa shape index (κ2) is 5.36. The van der Waals surface area contributed by atoms with Crippen LogP contribution in [-0.4, -0.2) is 26.6 Å². The van der Waals surface area contributed by atoms with Gasteiger partial charge in [0.2, 0.25) is 0 Å². The summed E-state index contributed by atoms with van der Waals surface area (Å²) in [5.74, 6) is 0. The van der Waals surface area contributed by atoms with Crippen molar-refractivity contribution in [2.45, 2.75) is 0 Å². The van der Waals surface area contributed by atoms with Gasteiger partial charge in [-0.2, -0.15) is 0 Å². The van der Waals surface area contributed by atoms with Crippen molar-refractivity contribution in [3.05, 3.63) is 0 Å². The quantitative estimate of drug-likeness (QED) is 0.388. The molecule has 0 aromatic carbocycles. The molecule has 0 rings (SSSR count). The van der Waals surface area contributed by atoms with Crippen molar-refractivity contribution in [2.24, 2.45) is 0 Å². The van der Waals surface area contributed by atoms with Crippen molar-refractivity contribution >= 4 is 26.6 Å². The van der Waals surface area contributed by atoms with Crippen LogP contribution in [0.1, 0.15) is 0 Å². The normalized spacial score (nSPS) is 8.57. The van der Waals surface area contributed by atoms with Crippen LogP contribution in [0.3, 0.4) is 0 Å². The van der Waals surface area contributed by atoms with Crippen LogP contribution in [-0.2, 0) is 19.5 Å². The minimum absolute atomic E-state index is 0. The molecule has 0 aliphatic heterocycles. The van der Waals surface area contributed by atoms with E-state index in [-0.39, 0.29) is 37.1 Å². The van der Waals surface area contributed by atoms with E-state index in [1.165, 1.54) is 0 Å². The second-order valence-electron chi connectivity index (χ2n) is 0.500. The Morgan fingerprint density at radius 1 is 0.857 bits per heavy atom. The van der Waals surface area contributed by atoms with E-state index in [1.807, 2.05) is 0 Å². The summed E-state index contributed by atoms with van der Waals surface area (Å²) >= 11 is 0. The fourth-order valence-electron chi connectivity index (χ4n) is 0. The molecule has 0 heterocycles. The zero-order valence-corrected chi connectivity index (χ0v) is 10.5. The molecule has 0 aromatic heterocycles. The predicted octanol–water partition coefficient (Wildman–Crippen LogP) is -6.06. The molecule has 0 saturated heterocycles. The Bertz CT molecular complexity index is 27.2. The van der Waals surface area contributed by atoms with Crippen LogP contribution in [0.25, 0.3) is 0 Å². The van der Waals surface area contributed by atoms with Gasteiger partial charge in [-0.15, -0.1) is 0 Å². The Morgan fingerprint density at radius 2 is 0.857 bits per heavy atom. The predicted molar refractivity (Wildman–Crippen MR) is 14.3 cm³/mol. The van der Waals surface area contributed by atoms with Crippen LogP contribution in [0.2, 0.25) is 0 Å². The molecule has 0 fully saturated rings. The third-order valence-corrected chi connectivity index (χ3v) is 0. The zero-order chi connectivity index (χ0) is 4.50. The minimum atomic E-state index is -5.61. The van der Waals surface area contributed by atoms with Gasteiger partial charge in [0.1, 0.15) is 0 Å². The van der Waals surface area contributed by atoms with E-state index >= 15 is 0 Å². The Kier molecular flexibility index (Phi) is 12.0. The molecule has 0 radical (unpaired) electrons. The number of hydrogen-bond acceptors (Lipinski definition) is 4. The van der Waals surface area contributed by atoms with Crippen LogP contribution >= 0.6 is 0 Å². The van der Waals surface area contributed by atoms with E-state index in [4.69, 9.17) is 19.2 Å². The van der Waals surface area contributed by atoms with Crippen molar-refractivity contribution in [3.8, 4) is 0 Å². The summed E-state index contributed by atoms with van der Waals surface area (Å²) in [7, 11) is -5.61. The van der Waals surface area contributed by atoms with E-state index < -0.39 is 9.05 Å². The van der Waals surface area contributed by atoms with Gasteiger partial charge in [-0.05, 0) is 0 Å². The summed E-state index contributed by atoms with van der Waals surface area (Å²) in [6.45, 7) is 0. The third kappa shape index (κ3) is 132. The summed E-state index contributed by atoms with van der Waals surface area (Å²) in [4.78, 5) is 34.3. The van der Waals surface area contributed by atoms with Crippen molar-refractivity contribution in [1.82, 2.24) is 0 Å². The molecule has 0 atom stereocenters. The molecule has 0 amide bonds. The van der Waals surface area contributed by atoms with Gasteiger partial charge in [-0.3, -0.25) is 0 Å². The van der Waals surface area contributed by atoms with E-state index in [9.17, 15) is 0 Å². The maximum atomic E-state index is 8.58. The molecule has 0 N–H and O–H groups in total. The maximum absolute atomic E-state index is 8.58. The molecular weight excluding hydrogens is 230 g/mol. The Hall–Kier alpha value is 1.22. The minimum Gasteiger partial charge on any atom is -0.894 e. The molecule has 36 valence electrons. The summed E-state index contributed by atoms with van der Waals surface area (Å²) in [5, 5.41) is 0. The van der Waals surface area contributed by atoms with Crippen LogP contribution < -0.4 is 19.2 Å². The summed E-state index contributed by atoms with van der Waals surface area (Å²) in [6, 6.07) is 0. The largest absolute Gasteiger partial charge is 2.00 e. The molecule has 7 heavy (non-hydrogen) atoms. The molecule has 4 nitrogen and oxygen atoms in total. The molecule has 0 bridgehead atoms. The van der Waals surface area contributed by atoms with Crippen molar-refractivity contribution in [2.75, 3.05) is 0 Å². The van der Waals surface area contributed by atoms with Crippen molar-refractivity contribution < 1.29 is 38.7 Å². The average molecular weight is 232 g/mol. The SMILES string of the molecule is [GeH2+2].[O-][Si]([O-])([O-])[O-].[Zn+2]. The Morgan fingerprint density at radius 3 is 0.857 bits per heavy atom. The van der Waals surface area contributed by atoms with Gasteiger partial charge in [0, 0.05) is 0 Å². The van der Waals surface area contributed by atoms with Gasteiger partial charge < -0.3 is 28.2 Å². The van der Waals surface area contributed by atoms with E-state index in [0.29, 0.717) is 0 Å². The first-order chi connectivity index (χ1) is 2.00. The second-order valence-corrected chi connectivity index (χ2v) is 1.50. The topological polar surface area (TPSA) is 92.2 Å². The first kappa shape index (κ1) is 15.7. The van der Waals surface area contributed by atoms with Gasteiger partial charge in [-0.1, -0.05) is 0 Å². The van der Waals surface area contributed by atoms with Gasteiger partial charge in [0.25, 0.3) is 0 Å². The molecule has 0 aliphatic carbocycles. The molecular formula is H2GeO4SiZn. The fourth-order valence-corrected chi connectivity index (χ4v) is 0. The number of hydrogen-bond donors (Lipinski definition) is 0. The summed E-state index contributed by atoms with van der Waals surface area (Å²) in [6.07, 6.45) is 0. The fraction of sp³-hybridized carbons (Fsp3) is 0. The van der Waals surface area contributed by atoms with Crippen molar-refractivity contribution in [1.29, 1.82) is 0 Å². The maximum Gasteiger partial charge on any atom is 2.00 e. The van der Waals surface area contributed by atoms with E-state index in [1.54, 1.807) is 0 Å². The smallest absolute Gasteiger partial charge is 0.894 e. The Balaban J connectivity index is -0.0000000800. The molecule has 0 saturated carbocycles. The third-order valence-electron chi connectivity index (χ3n) is 0. The number of rotatable bonds is 0. The van der Waals surface area contributed by atoms with E-state index in [0.717, 1.165) is 0 Å². The standard InChI is InChI=1S/GeH2.O4Si.Zn/c;1-5(2,3)4;/h1H2;;/q+2;-4;+2. The van der Waals surface area contributed by atoms with Crippen molar-refractivity contribution in [3.63, 3.8) is 0 Å². The van der Waals surface area contributed by atoms with Crippen LogP contribution in [0.5, 0.6) is 0 Å². The van der Waals surface area contributed by atoms with E-state index in [2.05, 4.69) is 0 Å². The first-order valence-corrected chi connectivity index (χ1v) is 2.45. The molecule has 0 aromatic rings. The van der Waals surface area contributed by atoms with Gasteiger partial charge in [0.05, 0.1) is 0 Å². The van der Waals surface area contributed by atoms with Crippen LogP contribution in [0.4, 0.5) is 0 Å². The average Bonchev–Trinajstić information content (AvgIpc) is 0.722. The molecule has 7 heteroatoms. The first-order valence-electron chi connectivity index (χ1n) is 0.816. The molecule has 0 spiro atoms. The Labute approximate surface area is 65.4 Å². The molecule has 0 unspecified atom stereocenters. The summed E-state index contributed by atoms with van der Waals surface area (Å²) in [5.41, 5.74) is 0. The van der Waals surface area contributed by atoms with Crippen LogP contribution in [0, 0.1) is 0 Å².